The van der Waals surface area contributed by atoms with Crippen LogP contribution in [0.1, 0.15) is 53.0 Å². The molecule has 2 aromatic carbocycles. The quantitative estimate of drug-likeness (QED) is 0.507. The van der Waals surface area contributed by atoms with Crippen LogP contribution >= 0.6 is 0 Å². The van der Waals surface area contributed by atoms with Crippen LogP contribution in [-0.2, 0) is 15.8 Å². The fourth-order valence-electron chi connectivity index (χ4n) is 5.38. The third kappa shape index (κ3) is 5.70. The summed E-state index contributed by atoms with van der Waals surface area (Å²) in [6.45, 7) is 3.87. The number of carboxylic acid groups (broad SMARTS) is 1. The second kappa shape index (κ2) is 11.0. The minimum absolute atomic E-state index is 0.105. The number of piperidine rings is 1. The Hall–Kier alpha value is -4.16. The van der Waals surface area contributed by atoms with E-state index in [1.165, 1.54) is 17.0 Å². The molecule has 2 fully saturated rings. The van der Waals surface area contributed by atoms with Crippen LogP contribution in [0.5, 0.6) is 0 Å². The topological polar surface area (TPSA) is 110 Å². The van der Waals surface area contributed by atoms with Gasteiger partial charge in [-0.1, -0.05) is 13.8 Å². The third-order valence-electron chi connectivity index (χ3n) is 7.70. The van der Waals surface area contributed by atoms with Crippen molar-refractivity contribution in [2.45, 2.75) is 44.4 Å². The summed E-state index contributed by atoms with van der Waals surface area (Å²) in [5.74, 6) is -4.47. The molecule has 1 atom stereocenters. The molecule has 0 aromatic heterocycles. The van der Waals surface area contributed by atoms with Gasteiger partial charge in [0.25, 0.3) is 5.91 Å². The molecule has 0 saturated carbocycles. The number of hydrogen-bond donors (Lipinski definition) is 2. The molecule has 0 unspecified atom stereocenters. The highest BCUT2D eigenvalue weighted by Crippen LogP contribution is 2.39. The van der Waals surface area contributed by atoms with Crippen LogP contribution < -0.4 is 10.2 Å². The number of aromatic carboxylic acids is 1. The molecule has 1 spiro atoms. The molecule has 2 saturated heterocycles. The van der Waals surface area contributed by atoms with Gasteiger partial charge in [0.1, 0.15) is 17.4 Å². The Bertz CT molecular complexity index is 1350. The Labute approximate surface area is 233 Å². The summed E-state index contributed by atoms with van der Waals surface area (Å²) in [5.41, 5.74) is -2.21. The van der Waals surface area contributed by atoms with Gasteiger partial charge in [-0.3, -0.25) is 14.4 Å². The minimum Gasteiger partial charge on any atom is -0.478 e. The molecule has 13 heteroatoms. The number of likely N-dealkylation sites (tertiary alicyclic amines) is 1. The van der Waals surface area contributed by atoms with Gasteiger partial charge in [0, 0.05) is 25.8 Å². The third-order valence-corrected chi connectivity index (χ3v) is 7.70. The van der Waals surface area contributed by atoms with Crippen molar-refractivity contribution >= 4 is 29.4 Å². The van der Waals surface area contributed by atoms with Gasteiger partial charge < -0.3 is 25.1 Å². The van der Waals surface area contributed by atoms with E-state index in [9.17, 15) is 41.8 Å². The van der Waals surface area contributed by atoms with Crippen LogP contribution in [0.2, 0.25) is 0 Å². The Kier molecular flexibility index (Phi) is 8.01. The molecular weight excluding hydrogens is 548 g/mol. The zero-order valence-corrected chi connectivity index (χ0v) is 22.7. The van der Waals surface area contributed by atoms with Gasteiger partial charge >= 0.3 is 12.1 Å². The minimum atomic E-state index is -4.78. The largest absolute Gasteiger partial charge is 0.478 e. The average molecular weight is 579 g/mol. The average Bonchev–Trinajstić information content (AvgIpc) is 3.16. The van der Waals surface area contributed by atoms with Crippen LogP contribution in [0.15, 0.2) is 42.5 Å². The standard InChI is InChI=1S/C28H30F4N4O5/c1-16(2)22(33-23(37)20-14-18(28(30,31)32)6-9-21(20)29)24(38)35-12-10-27(11-13-35)26(41)34(3)15-36(27)19-7-4-17(5-8-19)25(39)40/h4-9,14,16,22H,10-13,15H2,1-3H3,(H,33,37)(H,39,40)/t22-/m1/s1. The van der Waals surface area contributed by atoms with Gasteiger partial charge in [-0.25, -0.2) is 9.18 Å². The van der Waals surface area contributed by atoms with Gasteiger partial charge in [0.15, 0.2) is 0 Å². The van der Waals surface area contributed by atoms with Crippen molar-refractivity contribution in [3.63, 3.8) is 0 Å². The molecule has 2 aliphatic rings. The number of anilines is 1. The fourth-order valence-corrected chi connectivity index (χ4v) is 5.38. The highest BCUT2D eigenvalue weighted by atomic mass is 19.4. The molecule has 9 nitrogen and oxygen atoms in total. The van der Waals surface area contributed by atoms with Crippen molar-refractivity contribution in [3.8, 4) is 0 Å². The number of hydrogen-bond acceptors (Lipinski definition) is 5. The Morgan fingerprint density at radius 3 is 2.17 bits per heavy atom. The molecule has 0 bridgehead atoms. The van der Waals surface area contributed by atoms with Crippen LogP contribution in [0, 0.1) is 11.7 Å². The zero-order valence-electron chi connectivity index (χ0n) is 22.7. The van der Waals surface area contributed by atoms with E-state index in [1.54, 1.807) is 37.9 Å². The number of likely N-dealkylation sites (N-methyl/N-ethyl adjacent to an activating group) is 1. The molecule has 0 radical (unpaired) electrons. The summed E-state index contributed by atoms with van der Waals surface area (Å²) >= 11 is 0. The summed E-state index contributed by atoms with van der Waals surface area (Å²) in [6, 6.07) is 6.53. The molecule has 2 heterocycles. The van der Waals surface area contributed by atoms with E-state index in [0.29, 0.717) is 23.9 Å². The van der Waals surface area contributed by atoms with Gasteiger partial charge in [-0.05, 0) is 61.2 Å². The fraction of sp³-hybridized carbons (Fsp3) is 0.429. The zero-order chi connectivity index (χ0) is 30.3. The summed E-state index contributed by atoms with van der Waals surface area (Å²) < 4.78 is 53.7. The summed E-state index contributed by atoms with van der Waals surface area (Å²) in [7, 11) is 1.66. The summed E-state index contributed by atoms with van der Waals surface area (Å²) in [6.07, 6.45) is -4.27. The Morgan fingerprint density at radius 2 is 1.63 bits per heavy atom. The van der Waals surface area contributed by atoms with Gasteiger partial charge in [0.05, 0.1) is 23.4 Å². The first kappa shape index (κ1) is 29.8. The summed E-state index contributed by atoms with van der Waals surface area (Å²) in [5, 5.41) is 11.6. The molecule has 2 aliphatic heterocycles. The van der Waals surface area contributed by atoms with E-state index >= 15 is 0 Å². The number of halogens is 4. The van der Waals surface area contributed by atoms with Crippen LogP contribution in [0.4, 0.5) is 23.2 Å². The maximum absolute atomic E-state index is 14.3. The van der Waals surface area contributed by atoms with Crippen molar-refractivity contribution in [1.82, 2.24) is 15.1 Å². The lowest BCUT2D eigenvalue weighted by atomic mass is 9.85. The predicted octanol–water partition coefficient (Wildman–Crippen LogP) is 3.59. The lowest BCUT2D eigenvalue weighted by molar-refractivity contribution is -0.139. The van der Waals surface area contributed by atoms with Crippen molar-refractivity contribution in [1.29, 1.82) is 0 Å². The van der Waals surface area contributed by atoms with Gasteiger partial charge in [-0.2, -0.15) is 13.2 Å². The first-order chi connectivity index (χ1) is 19.2. The number of nitrogens with zero attached hydrogens (tertiary/aromatic N) is 3. The molecule has 220 valence electrons. The maximum Gasteiger partial charge on any atom is 0.416 e. The number of amides is 3. The van der Waals surface area contributed by atoms with E-state index < -0.39 is 58.4 Å². The normalized spacial score (nSPS) is 17.8. The van der Waals surface area contributed by atoms with Crippen molar-refractivity contribution in [2.75, 3.05) is 31.7 Å². The molecule has 4 rings (SSSR count). The highest BCUT2D eigenvalue weighted by molar-refractivity contribution is 5.98. The second-order valence-electron chi connectivity index (χ2n) is 10.7. The summed E-state index contributed by atoms with van der Waals surface area (Å²) in [4.78, 5) is 55.8. The number of benzene rings is 2. The second-order valence-corrected chi connectivity index (χ2v) is 10.7. The van der Waals surface area contributed by atoms with Crippen LogP contribution in [-0.4, -0.2) is 77.0 Å². The number of carbonyl (C=O) groups excluding carboxylic acids is 3. The van der Waals surface area contributed by atoms with Crippen molar-refractivity contribution in [3.05, 3.63) is 65.0 Å². The van der Waals surface area contributed by atoms with Crippen LogP contribution in [0.3, 0.4) is 0 Å². The molecule has 2 aromatic rings. The SMILES string of the molecule is CC(C)[C@@H](NC(=O)c1cc(C(F)(F)F)ccc1F)C(=O)N1CCC2(CC1)C(=O)N(C)CN2c1ccc(C(=O)O)cc1. The maximum atomic E-state index is 14.3. The predicted molar refractivity (Wildman–Crippen MR) is 140 cm³/mol. The first-order valence-electron chi connectivity index (χ1n) is 13.0. The van der Waals surface area contributed by atoms with E-state index in [4.69, 9.17) is 0 Å². The molecule has 41 heavy (non-hydrogen) atoms. The van der Waals surface area contributed by atoms with Gasteiger partial charge in [0.2, 0.25) is 11.8 Å². The van der Waals surface area contributed by atoms with E-state index in [-0.39, 0.29) is 44.1 Å². The van der Waals surface area contributed by atoms with Crippen molar-refractivity contribution < 1.29 is 41.8 Å². The van der Waals surface area contributed by atoms with Gasteiger partial charge in [-0.15, -0.1) is 0 Å². The van der Waals surface area contributed by atoms with E-state index in [2.05, 4.69) is 5.32 Å². The van der Waals surface area contributed by atoms with E-state index in [0.717, 1.165) is 0 Å². The smallest absolute Gasteiger partial charge is 0.416 e. The first-order valence-corrected chi connectivity index (χ1v) is 13.0. The van der Waals surface area contributed by atoms with Crippen LogP contribution in [0.25, 0.3) is 0 Å². The number of carbonyl (C=O) groups is 4. The lowest BCUT2D eigenvalue weighted by Crippen LogP contribution is -2.60. The van der Waals surface area contributed by atoms with E-state index in [1.807, 2.05) is 4.90 Å². The number of alkyl halides is 3. The molecule has 3 amide bonds. The number of rotatable bonds is 6. The number of nitrogens with one attached hydrogen (secondary N) is 1. The Morgan fingerprint density at radius 1 is 1.02 bits per heavy atom. The lowest BCUT2D eigenvalue weighted by Gasteiger charge is -2.44. The van der Waals surface area contributed by atoms with Crippen molar-refractivity contribution in [2.24, 2.45) is 5.92 Å². The Balaban J connectivity index is 1.50. The molecule has 0 aliphatic carbocycles. The monoisotopic (exact) mass is 578 g/mol. The molecular formula is C28H30F4N4O5. The number of carboxylic acids is 1. The highest BCUT2D eigenvalue weighted by Gasteiger charge is 2.53. The molecule has 2 N–H and O–H groups in total.